The molecule has 0 amide bonds. The quantitative estimate of drug-likeness (QED) is 0.415. The van der Waals surface area contributed by atoms with Gasteiger partial charge in [-0.1, -0.05) is 0 Å². The van der Waals surface area contributed by atoms with Crippen LogP contribution >= 0.6 is 0 Å². The zero-order valence-electron chi connectivity index (χ0n) is 4.70. The molecule has 1 N–H and O–H groups in total. The number of hydrogen-bond acceptors (Lipinski definition) is 1. The average molecular weight is 147 g/mol. The predicted octanol–water partition coefficient (Wildman–Crippen LogP) is 0.153. The molecule has 0 saturated heterocycles. The largest absolute Gasteiger partial charge is 0.673 e. The van der Waals surface area contributed by atoms with Gasteiger partial charge in [0.25, 0.3) is 0 Å². The van der Waals surface area contributed by atoms with Crippen molar-refractivity contribution in [2.75, 3.05) is 6.54 Å². The van der Waals surface area contributed by atoms with Crippen molar-refractivity contribution >= 4 is 7.25 Å². The van der Waals surface area contributed by atoms with Gasteiger partial charge >= 0.3 is 7.25 Å². The van der Waals surface area contributed by atoms with Gasteiger partial charge in [-0.15, -0.1) is 0 Å². The van der Waals surface area contributed by atoms with Crippen molar-refractivity contribution in [1.29, 1.82) is 0 Å². The molecule has 0 rings (SSSR count). The third-order valence-electron chi connectivity index (χ3n) is 0.144. The Balaban J connectivity index is 0. The molecular formula is C2H6BF4NO. The molecule has 56 valence electrons. The summed E-state index contributed by atoms with van der Waals surface area (Å²) in [6.45, 7) is 2.27. The number of nitrogens with one attached hydrogen (secondary N) is 1. The van der Waals surface area contributed by atoms with E-state index in [9.17, 15) is 17.3 Å². The van der Waals surface area contributed by atoms with Crippen molar-refractivity contribution in [3.63, 3.8) is 0 Å². The van der Waals surface area contributed by atoms with Crippen LogP contribution in [0.4, 0.5) is 17.3 Å². The van der Waals surface area contributed by atoms with E-state index in [1.807, 2.05) is 0 Å². The van der Waals surface area contributed by atoms with Gasteiger partial charge in [0.05, 0.1) is 0 Å². The Kier molecular flexibility index (Phi) is 6.88. The molecule has 0 aromatic rings. The second kappa shape index (κ2) is 5.52. The van der Waals surface area contributed by atoms with E-state index >= 15 is 0 Å². The Bertz CT molecular complexity index is 67.5. The fourth-order valence-electron chi connectivity index (χ4n) is 0. The Labute approximate surface area is 49.3 Å². The summed E-state index contributed by atoms with van der Waals surface area (Å²) in [7, 11) is -6.00. The molecule has 0 atom stereocenters. The highest BCUT2D eigenvalue weighted by Gasteiger charge is 2.20. The molecule has 0 saturated carbocycles. The van der Waals surface area contributed by atoms with E-state index in [1.165, 1.54) is 0 Å². The van der Waals surface area contributed by atoms with E-state index < -0.39 is 7.25 Å². The van der Waals surface area contributed by atoms with E-state index in [0.29, 0.717) is 6.54 Å². The summed E-state index contributed by atoms with van der Waals surface area (Å²) >= 11 is 0. The lowest BCUT2D eigenvalue weighted by Gasteiger charge is -1.94. The number of rotatable bonds is 1. The van der Waals surface area contributed by atoms with E-state index in [4.69, 9.17) is 4.91 Å². The van der Waals surface area contributed by atoms with E-state index in [-0.39, 0.29) is 0 Å². The lowest BCUT2D eigenvalue weighted by atomic mass is 10.3. The lowest BCUT2D eigenvalue weighted by molar-refractivity contribution is -0.475. The minimum atomic E-state index is -6.00. The molecule has 0 heterocycles. The highest BCUT2D eigenvalue weighted by atomic mass is 19.5. The molecule has 0 spiro atoms. The van der Waals surface area contributed by atoms with Crippen LogP contribution in [0.15, 0.2) is 0 Å². The Morgan fingerprint density at radius 2 is 1.44 bits per heavy atom. The number of nitroso groups, excluding NO2 is 1. The molecule has 9 heavy (non-hydrogen) atoms. The van der Waals surface area contributed by atoms with Gasteiger partial charge in [0.1, 0.15) is 0 Å². The minimum absolute atomic E-state index is 0.514. The van der Waals surface area contributed by atoms with Gasteiger partial charge in [-0.25, -0.2) is 0 Å². The van der Waals surface area contributed by atoms with Crippen LogP contribution in [0.25, 0.3) is 0 Å². The summed E-state index contributed by atoms with van der Waals surface area (Å²) in [5, 5.41) is 1.68. The zero-order chi connectivity index (χ0) is 7.91. The molecule has 0 unspecified atom stereocenters. The summed E-state index contributed by atoms with van der Waals surface area (Å²) in [6.07, 6.45) is 0. The van der Waals surface area contributed by atoms with Crippen molar-refractivity contribution < 1.29 is 22.4 Å². The molecule has 0 aliphatic heterocycles. The molecule has 0 aliphatic carbocycles. The molecule has 7 heteroatoms. The predicted molar refractivity (Wildman–Crippen MR) is 25.1 cm³/mol. The third-order valence-corrected chi connectivity index (χ3v) is 0.144. The molecule has 0 aromatic carbocycles. The fraction of sp³-hybridized carbons (Fsp3) is 1.00. The van der Waals surface area contributed by atoms with Crippen molar-refractivity contribution in [2.45, 2.75) is 6.92 Å². The summed E-state index contributed by atoms with van der Waals surface area (Å²) in [5.41, 5.74) is 0. The first-order valence-corrected chi connectivity index (χ1v) is 2.14. The maximum atomic E-state index is 9.75. The van der Waals surface area contributed by atoms with Crippen LogP contribution < -0.4 is 5.18 Å². The minimum Gasteiger partial charge on any atom is -0.418 e. The number of halogens is 4. The van der Waals surface area contributed by atoms with Gasteiger partial charge in [0.2, 0.25) is 0 Å². The maximum Gasteiger partial charge on any atom is 0.673 e. The van der Waals surface area contributed by atoms with Crippen molar-refractivity contribution in [2.24, 2.45) is 0 Å². The van der Waals surface area contributed by atoms with Gasteiger partial charge in [0, 0.05) is 4.91 Å². The van der Waals surface area contributed by atoms with Crippen LogP contribution in [0.2, 0.25) is 0 Å². The maximum absolute atomic E-state index is 9.75. The van der Waals surface area contributed by atoms with Crippen molar-refractivity contribution in [1.82, 2.24) is 0 Å². The van der Waals surface area contributed by atoms with Gasteiger partial charge in [-0.05, 0) is 12.1 Å². The van der Waals surface area contributed by atoms with Gasteiger partial charge in [-0.2, -0.15) is 0 Å². The first kappa shape index (κ1) is 11.2. The zero-order valence-corrected chi connectivity index (χ0v) is 4.70. The SMILES string of the molecule is CC[NH+]=O.F[B-](F)(F)F. The summed E-state index contributed by atoms with van der Waals surface area (Å²) in [5.74, 6) is 0. The molecule has 0 fully saturated rings. The second-order valence-corrected chi connectivity index (χ2v) is 0.993. The van der Waals surface area contributed by atoms with E-state index in [0.717, 1.165) is 0 Å². The van der Waals surface area contributed by atoms with Crippen LogP contribution in [-0.2, 0) is 0 Å². The van der Waals surface area contributed by atoms with E-state index in [1.54, 1.807) is 12.1 Å². The molecule has 2 nitrogen and oxygen atoms in total. The second-order valence-electron chi connectivity index (χ2n) is 0.993. The molecule has 0 aliphatic rings. The fourth-order valence-corrected chi connectivity index (χ4v) is 0. The third kappa shape index (κ3) is 1450. The monoisotopic (exact) mass is 147 g/mol. The highest BCUT2D eigenvalue weighted by molar-refractivity contribution is 6.50. The van der Waals surface area contributed by atoms with Crippen molar-refractivity contribution in [3.05, 3.63) is 4.91 Å². The Morgan fingerprint density at radius 1 is 1.33 bits per heavy atom. The lowest BCUT2D eigenvalue weighted by Crippen LogP contribution is -2.62. The van der Waals surface area contributed by atoms with Crippen LogP contribution in [0.3, 0.4) is 0 Å². The normalized spacial score (nSPS) is 9.44. The highest BCUT2D eigenvalue weighted by Crippen LogP contribution is 2.06. The first-order chi connectivity index (χ1) is 3.91. The topological polar surface area (TPSA) is 31.0 Å². The van der Waals surface area contributed by atoms with Gasteiger partial charge in [-0.3, -0.25) is 0 Å². The number of hydrogen-bond donors (Lipinski definition) is 1. The Morgan fingerprint density at radius 3 is 1.44 bits per heavy atom. The molecule has 0 radical (unpaired) electrons. The van der Waals surface area contributed by atoms with Crippen LogP contribution in [0.5, 0.6) is 0 Å². The van der Waals surface area contributed by atoms with Gasteiger partial charge in [0.15, 0.2) is 6.54 Å². The van der Waals surface area contributed by atoms with Crippen molar-refractivity contribution in [3.8, 4) is 0 Å². The molecule has 0 bridgehead atoms. The summed E-state index contributed by atoms with van der Waals surface area (Å²) in [6, 6.07) is 0. The smallest absolute Gasteiger partial charge is 0.418 e. The summed E-state index contributed by atoms with van der Waals surface area (Å²) in [4.78, 5) is 9.05. The first-order valence-electron chi connectivity index (χ1n) is 2.14. The van der Waals surface area contributed by atoms with Gasteiger partial charge < -0.3 is 17.3 Å². The summed E-state index contributed by atoms with van der Waals surface area (Å²) < 4.78 is 39.0. The average Bonchev–Trinajstić information content (AvgIpc) is 1.61. The van der Waals surface area contributed by atoms with Crippen LogP contribution in [0, 0.1) is 4.91 Å². The van der Waals surface area contributed by atoms with Crippen LogP contribution in [-0.4, -0.2) is 13.8 Å². The Hall–Kier alpha value is -0.615. The molecule has 0 aromatic heterocycles. The molecular weight excluding hydrogens is 141 g/mol. The standard InChI is InChI=1S/C2H5NO.BF4/c1-2-3-4;2-1(3,4)5/h2H2,1H3;/q;-1/p+1. The van der Waals surface area contributed by atoms with Crippen LogP contribution in [0.1, 0.15) is 6.92 Å². The van der Waals surface area contributed by atoms with E-state index in [2.05, 4.69) is 0 Å².